The van der Waals surface area contributed by atoms with E-state index in [1.807, 2.05) is 18.2 Å². The molecule has 3 aliphatic heterocycles. The minimum absolute atomic E-state index is 0.380. The SMILES string of the molecule is O=C1CCC[C@H]2[C@H]3C[C@@H](CN(Cc4ccc(Cl)cc4Cl)C3)CN12. The van der Waals surface area contributed by atoms with E-state index in [0.29, 0.717) is 28.8 Å². The van der Waals surface area contributed by atoms with E-state index in [-0.39, 0.29) is 0 Å². The Bertz CT molecular complexity index is 621. The van der Waals surface area contributed by atoms with Crippen molar-refractivity contribution in [3.05, 3.63) is 33.8 Å². The molecule has 3 nitrogen and oxygen atoms in total. The van der Waals surface area contributed by atoms with Gasteiger partial charge in [0.1, 0.15) is 0 Å². The van der Waals surface area contributed by atoms with Crippen molar-refractivity contribution < 1.29 is 4.79 Å². The minimum Gasteiger partial charge on any atom is -0.339 e. The fourth-order valence-corrected chi connectivity index (χ4v) is 5.20. The Hall–Kier alpha value is -0.770. The first-order valence-corrected chi connectivity index (χ1v) is 9.31. The third-order valence-corrected chi connectivity index (χ3v) is 6.25. The van der Waals surface area contributed by atoms with Gasteiger partial charge in [-0.3, -0.25) is 9.69 Å². The smallest absolute Gasteiger partial charge is 0.222 e. The molecule has 1 amide bonds. The fraction of sp³-hybridized carbons (Fsp3) is 0.611. The zero-order valence-corrected chi connectivity index (χ0v) is 14.7. The zero-order chi connectivity index (χ0) is 16.0. The van der Waals surface area contributed by atoms with Gasteiger partial charge < -0.3 is 4.90 Å². The second kappa shape index (κ2) is 6.27. The van der Waals surface area contributed by atoms with E-state index in [0.717, 1.165) is 49.6 Å². The van der Waals surface area contributed by atoms with Crippen molar-refractivity contribution in [2.24, 2.45) is 11.8 Å². The van der Waals surface area contributed by atoms with Gasteiger partial charge in [-0.15, -0.1) is 0 Å². The van der Waals surface area contributed by atoms with Gasteiger partial charge in [0.05, 0.1) is 0 Å². The molecule has 5 heteroatoms. The summed E-state index contributed by atoms with van der Waals surface area (Å²) in [6.07, 6.45) is 4.27. The molecule has 1 aromatic carbocycles. The van der Waals surface area contributed by atoms with Crippen LogP contribution in [-0.2, 0) is 11.3 Å². The summed E-state index contributed by atoms with van der Waals surface area (Å²) < 4.78 is 0. The van der Waals surface area contributed by atoms with E-state index in [9.17, 15) is 4.79 Å². The number of halogens is 2. The van der Waals surface area contributed by atoms with Gasteiger partial charge in [0.15, 0.2) is 0 Å². The lowest BCUT2D eigenvalue weighted by molar-refractivity contribution is -0.145. The summed E-state index contributed by atoms with van der Waals surface area (Å²) in [5, 5.41) is 1.44. The number of amides is 1. The van der Waals surface area contributed by atoms with E-state index in [1.165, 1.54) is 12.8 Å². The maximum Gasteiger partial charge on any atom is 0.222 e. The van der Waals surface area contributed by atoms with Gasteiger partial charge in [-0.2, -0.15) is 0 Å². The first kappa shape index (κ1) is 15.7. The molecule has 0 aromatic heterocycles. The number of carbonyl (C=O) groups excluding carboxylic acids is 1. The molecule has 0 spiro atoms. The largest absolute Gasteiger partial charge is 0.339 e. The number of rotatable bonds is 2. The monoisotopic (exact) mass is 352 g/mol. The molecule has 3 aliphatic rings. The molecule has 4 rings (SSSR count). The number of carbonyl (C=O) groups is 1. The second-order valence-corrected chi connectivity index (χ2v) is 8.14. The third kappa shape index (κ3) is 3.11. The molecule has 3 fully saturated rings. The minimum atomic E-state index is 0.380. The second-order valence-electron chi connectivity index (χ2n) is 7.30. The maximum atomic E-state index is 12.2. The number of likely N-dealkylation sites (tertiary alicyclic amines) is 1. The number of benzene rings is 1. The van der Waals surface area contributed by atoms with E-state index >= 15 is 0 Å². The first-order chi connectivity index (χ1) is 11.1. The summed E-state index contributed by atoms with van der Waals surface area (Å²) in [5.74, 6) is 1.61. The van der Waals surface area contributed by atoms with Crippen LogP contribution in [-0.4, -0.2) is 41.4 Å². The van der Waals surface area contributed by atoms with Crippen molar-refractivity contribution in [1.82, 2.24) is 9.80 Å². The standard InChI is InChI=1S/C18H22Cl2N2O/c19-15-5-4-13(16(20)7-15)10-21-8-12-6-14(11-21)17-2-1-3-18(23)22(17)9-12/h4-5,7,12,14,17H,1-3,6,8-11H2/t12-,14-,17-/m0/s1. The van der Waals surface area contributed by atoms with Gasteiger partial charge >= 0.3 is 0 Å². The van der Waals surface area contributed by atoms with Crippen LogP contribution in [0.25, 0.3) is 0 Å². The highest BCUT2D eigenvalue weighted by molar-refractivity contribution is 6.35. The Morgan fingerprint density at radius 2 is 2.04 bits per heavy atom. The molecule has 0 radical (unpaired) electrons. The van der Waals surface area contributed by atoms with Gasteiger partial charge in [0.25, 0.3) is 0 Å². The van der Waals surface area contributed by atoms with Gasteiger partial charge in [0.2, 0.25) is 5.91 Å². The number of hydrogen-bond donors (Lipinski definition) is 0. The predicted molar refractivity (Wildman–Crippen MR) is 92.7 cm³/mol. The summed E-state index contributed by atoms with van der Waals surface area (Å²) in [4.78, 5) is 16.9. The number of fused-ring (bicyclic) bond motifs is 4. The van der Waals surface area contributed by atoms with Crippen LogP contribution >= 0.6 is 23.2 Å². The molecule has 0 unspecified atom stereocenters. The first-order valence-electron chi connectivity index (χ1n) is 8.56. The lowest BCUT2D eigenvalue weighted by atomic mass is 9.76. The summed E-state index contributed by atoms with van der Waals surface area (Å²) in [6.45, 7) is 3.96. The third-order valence-electron chi connectivity index (χ3n) is 5.66. The van der Waals surface area contributed by atoms with Crippen LogP contribution in [0.4, 0.5) is 0 Å². The van der Waals surface area contributed by atoms with E-state index in [1.54, 1.807) is 0 Å². The quantitative estimate of drug-likeness (QED) is 0.807. The Kier molecular flexibility index (Phi) is 4.29. The van der Waals surface area contributed by atoms with Crippen LogP contribution in [0.15, 0.2) is 18.2 Å². The predicted octanol–water partition coefficient (Wildman–Crippen LogP) is 3.83. The highest BCUT2D eigenvalue weighted by atomic mass is 35.5. The van der Waals surface area contributed by atoms with Crippen LogP contribution in [0.3, 0.4) is 0 Å². The van der Waals surface area contributed by atoms with Crippen molar-refractivity contribution in [1.29, 1.82) is 0 Å². The summed E-state index contributed by atoms with van der Waals surface area (Å²) >= 11 is 12.3. The Morgan fingerprint density at radius 1 is 1.17 bits per heavy atom. The molecule has 124 valence electrons. The molecule has 1 aromatic rings. The average Bonchev–Trinajstić information content (AvgIpc) is 2.51. The molecular weight excluding hydrogens is 331 g/mol. The lowest BCUT2D eigenvalue weighted by Gasteiger charge is -2.52. The van der Waals surface area contributed by atoms with Gasteiger partial charge in [-0.1, -0.05) is 29.3 Å². The van der Waals surface area contributed by atoms with E-state index in [2.05, 4.69) is 9.80 Å². The normalized spacial score (nSPS) is 31.1. The maximum absolute atomic E-state index is 12.2. The van der Waals surface area contributed by atoms with Gasteiger partial charge in [-0.05, 0) is 48.8 Å². The van der Waals surface area contributed by atoms with Crippen LogP contribution in [0.1, 0.15) is 31.2 Å². The van der Waals surface area contributed by atoms with Crippen LogP contribution < -0.4 is 0 Å². The molecule has 0 N–H and O–H groups in total. The fourth-order valence-electron chi connectivity index (χ4n) is 4.73. The lowest BCUT2D eigenvalue weighted by Crippen LogP contribution is -2.60. The Morgan fingerprint density at radius 3 is 2.87 bits per heavy atom. The van der Waals surface area contributed by atoms with Crippen molar-refractivity contribution in [3.63, 3.8) is 0 Å². The molecule has 0 saturated carbocycles. The number of piperidine rings is 3. The molecular formula is C18H22Cl2N2O. The zero-order valence-electron chi connectivity index (χ0n) is 13.2. The van der Waals surface area contributed by atoms with Gasteiger partial charge in [-0.25, -0.2) is 0 Å². The molecule has 3 heterocycles. The van der Waals surface area contributed by atoms with Crippen molar-refractivity contribution in [2.75, 3.05) is 19.6 Å². The molecule has 3 atom stereocenters. The topological polar surface area (TPSA) is 23.6 Å². The number of nitrogens with zero attached hydrogens (tertiary/aromatic N) is 2. The molecule has 3 saturated heterocycles. The summed E-state index contributed by atoms with van der Waals surface area (Å²) in [7, 11) is 0. The summed E-state index contributed by atoms with van der Waals surface area (Å²) in [6, 6.07) is 6.24. The summed E-state index contributed by atoms with van der Waals surface area (Å²) in [5.41, 5.74) is 1.15. The van der Waals surface area contributed by atoms with Crippen LogP contribution in [0.2, 0.25) is 10.0 Å². The van der Waals surface area contributed by atoms with Crippen molar-refractivity contribution >= 4 is 29.1 Å². The van der Waals surface area contributed by atoms with Crippen molar-refractivity contribution in [2.45, 2.75) is 38.3 Å². The molecule has 23 heavy (non-hydrogen) atoms. The highest BCUT2D eigenvalue weighted by Crippen LogP contribution is 2.38. The molecule has 2 bridgehead atoms. The number of hydrogen-bond acceptors (Lipinski definition) is 2. The van der Waals surface area contributed by atoms with Crippen LogP contribution in [0.5, 0.6) is 0 Å². The Balaban J connectivity index is 1.48. The Labute approximate surface area is 147 Å². The van der Waals surface area contributed by atoms with Gasteiger partial charge in [0, 0.05) is 48.7 Å². The average molecular weight is 353 g/mol. The molecule has 0 aliphatic carbocycles. The van der Waals surface area contributed by atoms with E-state index in [4.69, 9.17) is 23.2 Å². The van der Waals surface area contributed by atoms with E-state index < -0.39 is 0 Å². The van der Waals surface area contributed by atoms with Crippen molar-refractivity contribution in [3.8, 4) is 0 Å². The highest BCUT2D eigenvalue weighted by Gasteiger charge is 2.43. The van der Waals surface area contributed by atoms with Crippen LogP contribution in [0, 0.1) is 11.8 Å².